The summed E-state index contributed by atoms with van der Waals surface area (Å²) in [4.78, 5) is 31.9. The third-order valence-corrected chi connectivity index (χ3v) is 5.90. The normalized spacial score (nSPS) is 11.6. The highest BCUT2D eigenvalue weighted by Gasteiger charge is 2.10. The monoisotopic (exact) mass is 486 g/mol. The van der Waals surface area contributed by atoms with Crippen molar-refractivity contribution >= 4 is 6.09 Å². The molecule has 8 heteroatoms. The fourth-order valence-corrected chi connectivity index (χ4v) is 3.89. The molecule has 8 nitrogen and oxygen atoms in total. The lowest BCUT2D eigenvalue weighted by molar-refractivity contribution is 0.140. The van der Waals surface area contributed by atoms with E-state index >= 15 is 0 Å². The molecule has 2 aromatic heterocycles. The number of benzene rings is 2. The summed E-state index contributed by atoms with van der Waals surface area (Å²) in [6, 6.07) is 21.2. The topological polar surface area (TPSA) is 98.2 Å². The van der Waals surface area contributed by atoms with Gasteiger partial charge in [0.1, 0.15) is 12.4 Å². The maximum Gasteiger partial charge on any atom is 0.407 e. The van der Waals surface area contributed by atoms with E-state index in [1.54, 1.807) is 17.1 Å². The molecule has 36 heavy (non-hydrogen) atoms. The molecule has 2 N–H and O–H groups in total. The van der Waals surface area contributed by atoms with Crippen LogP contribution in [-0.2, 0) is 17.8 Å². The number of carbonyl (C=O) groups is 1. The third kappa shape index (κ3) is 6.63. The second kappa shape index (κ2) is 11.9. The first-order valence-corrected chi connectivity index (χ1v) is 11.9. The fourth-order valence-electron chi connectivity index (χ4n) is 3.89. The lowest BCUT2D eigenvalue weighted by atomic mass is 10.0. The molecular weight excluding hydrogens is 456 g/mol. The molecule has 0 aliphatic carbocycles. The smallest absolute Gasteiger partial charge is 0.407 e. The molecule has 0 saturated carbocycles. The number of aromatic nitrogens is 3. The lowest BCUT2D eigenvalue weighted by Gasteiger charge is -2.16. The van der Waals surface area contributed by atoms with E-state index in [1.807, 2.05) is 55.5 Å². The van der Waals surface area contributed by atoms with Crippen molar-refractivity contribution in [2.75, 3.05) is 13.2 Å². The van der Waals surface area contributed by atoms with Gasteiger partial charge in [0.05, 0.1) is 31.4 Å². The minimum absolute atomic E-state index is 0.0754. The second-order valence-corrected chi connectivity index (χ2v) is 8.60. The zero-order chi connectivity index (χ0) is 25.3. The van der Waals surface area contributed by atoms with Crippen molar-refractivity contribution in [3.63, 3.8) is 0 Å². The Hall–Kier alpha value is -4.33. The molecule has 0 saturated heterocycles. The van der Waals surface area contributed by atoms with E-state index in [4.69, 9.17) is 9.47 Å². The predicted molar refractivity (Wildman–Crippen MR) is 138 cm³/mol. The Morgan fingerprint density at radius 1 is 1.11 bits per heavy atom. The molecule has 4 rings (SSSR count). The summed E-state index contributed by atoms with van der Waals surface area (Å²) in [5.41, 5.74) is 4.55. The molecule has 1 amide bonds. The number of rotatable bonds is 10. The highest BCUT2D eigenvalue weighted by Crippen LogP contribution is 2.18. The van der Waals surface area contributed by atoms with Crippen LogP contribution in [0.2, 0.25) is 0 Å². The van der Waals surface area contributed by atoms with Crippen molar-refractivity contribution < 1.29 is 14.3 Å². The molecule has 0 spiro atoms. The molecular formula is C28H30N4O4. The molecule has 186 valence electrons. The van der Waals surface area contributed by atoms with Crippen molar-refractivity contribution in [3.8, 4) is 17.0 Å². The van der Waals surface area contributed by atoms with Crippen LogP contribution in [0.5, 0.6) is 5.75 Å². The third-order valence-electron chi connectivity index (χ3n) is 5.90. The number of H-pyrrole nitrogens is 1. The van der Waals surface area contributed by atoms with E-state index < -0.39 is 6.09 Å². The highest BCUT2D eigenvalue weighted by atomic mass is 16.5. The number of alkyl carbamates (subject to hydrolysis) is 1. The number of aryl methyl sites for hydroxylation is 1. The van der Waals surface area contributed by atoms with Gasteiger partial charge in [0.2, 0.25) is 0 Å². The van der Waals surface area contributed by atoms with Crippen molar-refractivity contribution in [2.45, 2.75) is 32.9 Å². The van der Waals surface area contributed by atoms with Gasteiger partial charge in [-0.15, -0.1) is 0 Å². The summed E-state index contributed by atoms with van der Waals surface area (Å²) in [5.74, 6) is 0.737. The first-order valence-electron chi connectivity index (χ1n) is 11.9. The standard InChI is InChI=1S/C28H30N4O4/c1-20(23-8-4-3-5-9-23)18-36-25-13-21(2)32(27(33)15-25)11-12-35-28(34)30-16-22-7-6-10-24(14-22)26-17-29-19-31-26/h3-10,13-15,17,19-20H,11-12,16,18H2,1-2H3,(H,29,31)(H,30,34)/t20-/m1/s1. The molecule has 0 fully saturated rings. The van der Waals surface area contributed by atoms with Crippen molar-refractivity contribution in [3.05, 3.63) is 106 Å². The minimum Gasteiger partial charge on any atom is -0.493 e. The van der Waals surface area contributed by atoms with Gasteiger partial charge in [-0.1, -0.05) is 55.5 Å². The summed E-state index contributed by atoms with van der Waals surface area (Å²) in [6.45, 7) is 5.05. The number of nitrogens with zero attached hydrogens (tertiary/aromatic N) is 2. The van der Waals surface area contributed by atoms with Gasteiger partial charge in [0.15, 0.2) is 0 Å². The van der Waals surface area contributed by atoms with Crippen LogP contribution in [0.4, 0.5) is 4.79 Å². The van der Waals surface area contributed by atoms with Gasteiger partial charge in [-0.25, -0.2) is 9.78 Å². The second-order valence-electron chi connectivity index (χ2n) is 8.60. The first kappa shape index (κ1) is 24.8. The summed E-state index contributed by atoms with van der Waals surface area (Å²) < 4.78 is 12.7. The van der Waals surface area contributed by atoms with E-state index in [-0.39, 0.29) is 24.6 Å². The van der Waals surface area contributed by atoms with E-state index in [0.29, 0.717) is 18.9 Å². The molecule has 0 radical (unpaired) electrons. The molecule has 4 aromatic rings. The Morgan fingerprint density at radius 2 is 1.94 bits per heavy atom. The summed E-state index contributed by atoms with van der Waals surface area (Å²) in [6.07, 6.45) is 2.83. The van der Waals surface area contributed by atoms with Gasteiger partial charge >= 0.3 is 6.09 Å². The van der Waals surface area contributed by atoms with Crippen LogP contribution in [-0.4, -0.2) is 33.8 Å². The minimum atomic E-state index is -0.539. The van der Waals surface area contributed by atoms with Gasteiger partial charge in [-0.2, -0.15) is 0 Å². The molecule has 2 heterocycles. The Labute approximate surface area is 209 Å². The van der Waals surface area contributed by atoms with Crippen molar-refractivity contribution in [1.82, 2.24) is 19.9 Å². The average molecular weight is 487 g/mol. The number of nitrogens with one attached hydrogen (secondary N) is 2. The Kier molecular flexibility index (Phi) is 8.18. The van der Waals surface area contributed by atoms with Crippen LogP contribution in [0.15, 0.2) is 84.0 Å². The zero-order valence-electron chi connectivity index (χ0n) is 20.4. The van der Waals surface area contributed by atoms with E-state index in [2.05, 4.69) is 34.3 Å². The van der Waals surface area contributed by atoms with Gasteiger partial charge in [-0.3, -0.25) is 4.79 Å². The van der Waals surface area contributed by atoms with Crippen LogP contribution >= 0.6 is 0 Å². The number of imidazole rings is 1. The summed E-state index contributed by atoms with van der Waals surface area (Å²) in [7, 11) is 0. The first-order chi connectivity index (χ1) is 17.5. The molecule has 2 aromatic carbocycles. The molecule has 0 unspecified atom stereocenters. The number of pyridine rings is 1. The van der Waals surface area contributed by atoms with Crippen LogP contribution in [0.3, 0.4) is 0 Å². The number of hydrogen-bond acceptors (Lipinski definition) is 5. The summed E-state index contributed by atoms with van der Waals surface area (Å²) in [5, 5.41) is 2.74. The largest absolute Gasteiger partial charge is 0.493 e. The maximum absolute atomic E-state index is 12.6. The zero-order valence-corrected chi connectivity index (χ0v) is 20.4. The van der Waals surface area contributed by atoms with Crippen molar-refractivity contribution in [2.24, 2.45) is 0 Å². The van der Waals surface area contributed by atoms with Crippen LogP contribution in [0.1, 0.15) is 29.7 Å². The molecule has 0 aliphatic rings. The van der Waals surface area contributed by atoms with E-state index in [0.717, 1.165) is 22.5 Å². The van der Waals surface area contributed by atoms with E-state index in [1.165, 1.54) is 11.6 Å². The SMILES string of the molecule is Cc1cc(OC[C@@H](C)c2ccccc2)cc(=O)n1CCOC(=O)NCc1cccc(-c2cnc[nH]2)c1. The number of amides is 1. The summed E-state index contributed by atoms with van der Waals surface area (Å²) >= 11 is 0. The lowest BCUT2D eigenvalue weighted by Crippen LogP contribution is -2.28. The van der Waals surface area contributed by atoms with E-state index in [9.17, 15) is 9.59 Å². The number of hydrogen-bond donors (Lipinski definition) is 2. The number of ether oxygens (including phenoxy) is 2. The van der Waals surface area contributed by atoms with Crippen LogP contribution < -0.4 is 15.6 Å². The average Bonchev–Trinajstić information content (AvgIpc) is 3.43. The quantitative estimate of drug-likeness (QED) is 0.340. The van der Waals surface area contributed by atoms with Gasteiger partial charge in [0, 0.05) is 24.2 Å². The molecule has 0 bridgehead atoms. The van der Waals surface area contributed by atoms with Crippen LogP contribution in [0.25, 0.3) is 11.3 Å². The molecule has 0 aliphatic heterocycles. The van der Waals surface area contributed by atoms with Gasteiger partial charge in [0.25, 0.3) is 5.56 Å². The Bertz CT molecular complexity index is 1330. The van der Waals surface area contributed by atoms with Gasteiger partial charge < -0.3 is 24.3 Å². The number of aromatic amines is 1. The molecule has 1 atom stereocenters. The Morgan fingerprint density at radius 3 is 2.69 bits per heavy atom. The predicted octanol–water partition coefficient (Wildman–Crippen LogP) is 4.66. The van der Waals surface area contributed by atoms with Crippen molar-refractivity contribution in [1.29, 1.82) is 0 Å². The highest BCUT2D eigenvalue weighted by molar-refractivity contribution is 5.67. The number of carbonyl (C=O) groups excluding carboxylic acids is 1. The van der Waals surface area contributed by atoms with Crippen LogP contribution in [0, 0.1) is 6.92 Å². The maximum atomic E-state index is 12.6. The fraction of sp³-hybridized carbons (Fsp3) is 0.250. The van der Waals surface area contributed by atoms with Gasteiger partial charge in [-0.05, 0) is 35.7 Å². The Balaban J connectivity index is 1.24.